The molecular weight excluding hydrogens is 244 g/mol. The summed E-state index contributed by atoms with van der Waals surface area (Å²) in [5, 5.41) is 12.1. The quantitative estimate of drug-likeness (QED) is 0.588. The van der Waals surface area contributed by atoms with Crippen molar-refractivity contribution < 1.29 is 17.4 Å². The van der Waals surface area contributed by atoms with E-state index < -0.39 is 10.1 Å². The Balaban J connectivity index is 2.98. The minimum Gasteiger partial charge on any atom is -0.497 e. The van der Waals surface area contributed by atoms with E-state index in [2.05, 4.69) is 9.44 Å². The second-order valence-electron chi connectivity index (χ2n) is 3.06. The molecule has 0 aliphatic heterocycles. The van der Waals surface area contributed by atoms with Gasteiger partial charge in [-0.25, -0.2) is 0 Å². The van der Waals surface area contributed by atoms with Crippen LogP contribution in [0.5, 0.6) is 5.75 Å². The Hall–Kier alpha value is -2.07. The molecule has 0 aliphatic rings. The monoisotopic (exact) mass is 254 g/mol. The number of methoxy groups -OCH3 is 1. The third-order valence-corrected chi connectivity index (χ3v) is 2.08. The number of nitriles is 1. The molecule has 17 heavy (non-hydrogen) atoms. The van der Waals surface area contributed by atoms with Gasteiger partial charge in [-0.3, -0.25) is 4.28 Å². The summed E-state index contributed by atoms with van der Waals surface area (Å²) in [6, 6.07) is 8.16. The summed E-state index contributed by atoms with van der Waals surface area (Å²) in [4.78, 5) is 0. The van der Waals surface area contributed by atoms with E-state index in [1.807, 2.05) is 0 Å². The van der Waals surface area contributed by atoms with Crippen LogP contribution in [0, 0.1) is 11.3 Å². The molecule has 0 N–H and O–H groups in total. The maximum Gasteiger partial charge on any atom is 0.325 e. The lowest BCUT2D eigenvalue weighted by Crippen LogP contribution is -2.03. The van der Waals surface area contributed by atoms with Gasteiger partial charge in [0, 0.05) is 5.56 Å². The molecule has 0 spiro atoms. The van der Waals surface area contributed by atoms with Crippen LogP contribution in [0.3, 0.4) is 0 Å². The van der Waals surface area contributed by atoms with Crippen molar-refractivity contribution in [2.75, 3.05) is 13.4 Å². The zero-order valence-electron chi connectivity index (χ0n) is 9.25. The lowest BCUT2D eigenvalue weighted by molar-refractivity contribution is 0.344. The van der Waals surface area contributed by atoms with Gasteiger partial charge in [-0.15, -0.1) is 0 Å². The Morgan fingerprint density at radius 1 is 1.35 bits per heavy atom. The van der Waals surface area contributed by atoms with E-state index in [1.165, 1.54) is 7.11 Å². The first-order chi connectivity index (χ1) is 7.96. The maximum atomic E-state index is 10.7. The molecule has 0 heterocycles. The van der Waals surface area contributed by atoms with Crippen molar-refractivity contribution in [3.05, 3.63) is 29.8 Å². The zero-order valence-corrected chi connectivity index (χ0v) is 10.1. The number of nitrogens with zero attached hydrogens (tertiary/aromatic N) is 2. The minimum atomic E-state index is -3.71. The normalized spacial score (nSPS) is 11.7. The highest BCUT2D eigenvalue weighted by Gasteiger charge is 2.06. The molecule has 0 saturated heterocycles. The van der Waals surface area contributed by atoms with Gasteiger partial charge in [0.15, 0.2) is 5.71 Å². The third-order valence-electron chi connectivity index (χ3n) is 1.73. The van der Waals surface area contributed by atoms with Crippen molar-refractivity contribution in [3.8, 4) is 11.8 Å². The Labute approximate surface area is 99.2 Å². The van der Waals surface area contributed by atoms with Crippen LogP contribution in [-0.2, 0) is 14.4 Å². The van der Waals surface area contributed by atoms with Gasteiger partial charge >= 0.3 is 10.1 Å². The van der Waals surface area contributed by atoms with E-state index in [-0.39, 0.29) is 5.71 Å². The highest BCUT2D eigenvalue weighted by Crippen LogP contribution is 2.12. The number of rotatable bonds is 4. The SMILES string of the molecule is COc1ccc(/C(C#N)=N\OS(C)(=O)=O)cc1. The van der Waals surface area contributed by atoms with Crippen LogP contribution in [-0.4, -0.2) is 27.5 Å². The average Bonchev–Trinajstić information content (AvgIpc) is 2.29. The van der Waals surface area contributed by atoms with Crippen molar-refractivity contribution in [2.45, 2.75) is 0 Å². The van der Waals surface area contributed by atoms with Gasteiger partial charge in [0.05, 0.1) is 13.4 Å². The first-order valence-corrected chi connectivity index (χ1v) is 6.29. The van der Waals surface area contributed by atoms with Crippen LogP contribution >= 0.6 is 0 Å². The van der Waals surface area contributed by atoms with Crippen LogP contribution in [0.25, 0.3) is 0 Å². The van der Waals surface area contributed by atoms with E-state index in [0.717, 1.165) is 6.26 Å². The number of ether oxygens (including phenoxy) is 1. The highest BCUT2D eigenvalue weighted by atomic mass is 32.2. The molecule has 7 heteroatoms. The van der Waals surface area contributed by atoms with Gasteiger partial charge in [0.2, 0.25) is 0 Å². The average molecular weight is 254 g/mol. The van der Waals surface area contributed by atoms with E-state index >= 15 is 0 Å². The van der Waals surface area contributed by atoms with Crippen molar-refractivity contribution in [2.24, 2.45) is 5.16 Å². The fourth-order valence-corrected chi connectivity index (χ4v) is 1.20. The molecule has 0 unspecified atom stereocenters. The van der Waals surface area contributed by atoms with E-state index in [4.69, 9.17) is 10.00 Å². The largest absolute Gasteiger partial charge is 0.497 e. The summed E-state index contributed by atoms with van der Waals surface area (Å²) >= 11 is 0. The molecule has 0 fully saturated rings. The predicted octanol–water partition coefficient (Wildman–Crippen LogP) is 0.899. The summed E-state index contributed by atoms with van der Waals surface area (Å²) in [6.45, 7) is 0. The molecule has 90 valence electrons. The van der Waals surface area contributed by atoms with Crippen molar-refractivity contribution in [1.29, 1.82) is 5.26 Å². The van der Waals surface area contributed by atoms with Gasteiger partial charge in [0.1, 0.15) is 11.8 Å². The van der Waals surface area contributed by atoms with Crippen molar-refractivity contribution in [1.82, 2.24) is 0 Å². The number of oxime groups is 1. The van der Waals surface area contributed by atoms with Crippen molar-refractivity contribution >= 4 is 15.8 Å². The summed E-state index contributed by atoms with van der Waals surface area (Å²) < 4.78 is 30.6. The molecule has 0 aromatic heterocycles. The zero-order chi connectivity index (χ0) is 12.9. The van der Waals surface area contributed by atoms with Crippen LogP contribution in [0.1, 0.15) is 5.56 Å². The first-order valence-electron chi connectivity index (χ1n) is 4.47. The second-order valence-corrected chi connectivity index (χ2v) is 4.62. The fourth-order valence-electron chi connectivity index (χ4n) is 0.992. The molecule has 1 rings (SSSR count). The van der Waals surface area contributed by atoms with Gasteiger partial charge in [-0.2, -0.15) is 13.7 Å². The van der Waals surface area contributed by atoms with Gasteiger partial charge in [-0.05, 0) is 24.3 Å². The van der Waals surface area contributed by atoms with Gasteiger partial charge < -0.3 is 4.74 Å². The number of hydrogen-bond donors (Lipinski definition) is 0. The molecule has 0 bridgehead atoms. The third kappa shape index (κ3) is 4.12. The summed E-state index contributed by atoms with van der Waals surface area (Å²) in [5.41, 5.74) is 0.315. The summed E-state index contributed by atoms with van der Waals surface area (Å²) in [5.74, 6) is 0.620. The Kier molecular flexibility index (Phi) is 4.06. The lowest BCUT2D eigenvalue weighted by atomic mass is 10.1. The molecule has 0 amide bonds. The van der Waals surface area contributed by atoms with E-state index in [9.17, 15) is 8.42 Å². The number of benzene rings is 1. The lowest BCUT2D eigenvalue weighted by Gasteiger charge is -2.01. The van der Waals surface area contributed by atoms with E-state index in [0.29, 0.717) is 11.3 Å². The minimum absolute atomic E-state index is 0.127. The molecule has 1 aromatic carbocycles. The maximum absolute atomic E-state index is 10.7. The Morgan fingerprint density at radius 3 is 2.35 bits per heavy atom. The van der Waals surface area contributed by atoms with Gasteiger partial charge in [0.25, 0.3) is 0 Å². The standard InChI is InChI=1S/C10H10N2O4S/c1-15-9-5-3-8(4-6-9)10(7-11)12-16-17(2,13)14/h3-6H,1-2H3/b12-10-. The van der Waals surface area contributed by atoms with E-state index in [1.54, 1.807) is 30.3 Å². The molecule has 0 saturated carbocycles. The molecule has 6 nitrogen and oxygen atoms in total. The highest BCUT2D eigenvalue weighted by molar-refractivity contribution is 7.85. The van der Waals surface area contributed by atoms with Crippen LogP contribution in [0.4, 0.5) is 0 Å². The van der Waals surface area contributed by atoms with Gasteiger partial charge in [-0.1, -0.05) is 5.16 Å². The molecular formula is C10H10N2O4S. The summed E-state index contributed by atoms with van der Waals surface area (Å²) in [6.07, 6.45) is 0.847. The first kappa shape index (κ1) is 13.0. The smallest absolute Gasteiger partial charge is 0.325 e. The van der Waals surface area contributed by atoms with Crippen molar-refractivity contribution in [3.63, 3.8) is 0 Å². The molecule has 0 aliphatic carbocycles. The Bertz CT molecular complexity index is 555. The summed E-state index contributed by atoms with van der Waals surface area (Å²) in [7, 11) is -2.20. The topological polar surface area (TPSA) is 88.8 Å². The van der Waals surface area contributed by atoms with Crippen LogP contribution < -0.4 is 4.74 Å². The Morgan fingerprint density at radius 2 is 1.94 bits per heavy atom. The van der Waals surface area contributed by atoms with Crippen LogP contribution in [0.15, 0.2) is 29.4 Å². The predicted molar refractivity (Wildman–Crippen MR) is 61.1 cm³/mol. The molecule has 0 atom stereocenters. The van der Waals surface area contributed by atoms with Crippen LogP contribution in [0.2, 0.25) is 0 Å². The fraction of sp³-hybridized carbons (Fsp3) is 0.200. The molecule has 1 aromatic rings. The number of hydrogen-bond acceptors (Lipinski definition) is 6. The molecule has 0 radical (unpaired) electrons. The second kappa shape index (κ2) is 5.32.